The molecule has 35 heavy (non-hydrogen) atoms. The summed E-state index contributed by atoms with van der Waals surface area (Å²) in [6, 6.07) is 17.9. The van der Waals surface area contributed by atoms with Crippen molar-refractivity contribution in [3.05, 3.63) is 133 Å². The maximum absolute atomic E-state index is 12.4. The van der Waals surface area contributed by atoms with Crippen LogP contribution in [0.25, 0.3) is 0 Å². The van der Waals surface area contributed by atoms with Crippen molar-refractivity contribution in [1.29, 1.82) is 0 Å². The molecule has 2 heterocycles. The number of pyridine rings is 2. The molecule has 2 aliphatic rings. The van der Waals surface area contributed by atoms with E-state index in [0.717, 1.165) is 47.1 Å². The molecule has 0 unspecified atom stereocenters. The summed E-state index contributed by atoms with van der Waals surface area (Å²) in [5.74, 6) is -0.213. The molecule has 0 radical (unpaired) electrons. The first-order valence-corrected chi connectivity index (χ1v) is 12.0. The molecule has 0 spiro atoms. The number of aryl methyl sites for hydroxylation is 4. The van der Waals surface area contributed by atoms with E-state index in [4.69, 9.17) is 23.2 Å². The topological polar surface area (TPSA) is 74.0 Å². The Kier molecular flexibility index (Phi) is 6.37. The van der Waals surface area contributed by atoms with Crippen LogP contribution in [0.1, 0.15) is 54.4 Å². The Morgan fingerprint density at radius 3 is 1.97 bits per heavy atom. The SMILES string of the molecule is O=C1c2ccc(Cl)cc2CCc2ccc[n+]([O-])c21.O=C1c2ccc(Cl)cc2CCc2cccnc21. The number of fused-ring (bicyclic) bond motifs is 4. The number of aromatic nitrogens is 2. The third kappa shape index (κ3) is 4.57. The van der Waals surface area contributed by atoms with Crippen LogP contribution in [0.2, 0.25) is 10.0 Å². The Bertz CT molecular complexity index is 1480. The van der Waals surface area contributed by atoms with Gasteiger partial charge >= 0.3 is 0 Å². The molecule has 2 aromatic heterocycles. The first kappa shape index (κ1) is 23.2. The van der Waals surface area contributed by atoms with Gasteiger partial charge in [0.1, 0.15) is 5.69 Å². The van der Waals surface area contributed by atoms with Crippen LogP contribution in [0.5, 0.6) is 0 Å². The number of rotatable bonds is 0. The number of hydrogen-bond donors (Lipinski definition) is 0. The molecule has 7 heteroatoms. The zero-order valence-electron chi connectivity index (χ0n) is 18.6. The molecule has 0 aliphatic heterocycles. The van der Waals surface area contributed by atoms with Crippen LogP contribution in [0.4, 0.5) is 0 Å². The van der Waals surface area contributed by atoms with Crippen LogP contribution in [-0.4, -0.2) is 16.6 Å². The zero-order chi connectivity index (χ0) is 24.5. The minimum absolute atomic E-state index is 0.00441. The number of benzene rings is 2. The summed E-state index contributed by atoms with van der Waals surface area (Å²) in [6.07, 6.45) is 6.09. The van der Waals surface area contributed by atoms with Crippen LogP contribution < -0.4 is 4.73 Å². The molecule has 5 nitrogen and oxygen atoms in total. The molecule has 0 atom stereocenters. The first-order chi connectivity index (χ1) is 16.9. The summed E-state index contributed by atoms with van der Waals surface area (Å²) in [7, 11) is 0. The highest BCUT2D eigenvalue weighted by atomic mass is 35.5. The van der Waals surface area contributed by atoms with Gasteiger partial charge in [-0.1, -0.05) is 29.3 Å². The Morgan fingerprint density at radius 2 is 1.29 bits per heavy atom. The summed E-state index contributed by atoms with van der Waals surface area (Å²) >= 11 is 11.9. The lowest BCUT2D eigenvalue weighted by Crippen LogP contribution is -2.35. The minimum Gasteiger partial charge on any atom is -0.618 e. The maximum atomic E-state index is 12.4. The molecule has 6 rings (SSSR count). The van der Waals surface area contributed by atoms with Crippen molar-refractivity contribution >= 4 is 34.8 Å². The molecule has 0 amide bonds. The minimum atomic E-state index is -0.218. The molecular weight excluding hydrogens is 483 g/mol. The van der Waals surface area contributed by atoms with Gasteiger partial charge in [-0.2, -0.15) is 4.73 Å². The second-order valence-electron chi connectivity index (χ2n) is 8.48. The van der Waals surface area contributed by atoms with Gasteiger partial charge in [0.15, 0.2) is 6.20 Å². The fourth-order valence-electron chi connectivity index (χ4n) is 4.60. The Hall–Kier alpha value is -3.54. The molecule has 2 aliphatic carbocycles. The second kappa shape index (κ2) is 9.61. The number of halogens is 2. The summed E-state index contributed by atoms with van der Waals surface area (Å²) in [5, 5.41) is 13.1. The summed E-state index contributed by atoms with van der Waals surface area (Å²) in [6.45, 7) is 0. The zero-order valence-corrected chi connectivity index (χ0v) is 20.1. The van der Waals surface area contributed by atoms with E-state index >= 15 is 0 Å². The molecule has 174 valence electrons. The van der Waals surface area contributed by atoms with Crippen molar-refractivity contribution in [2.75, 3.05) is 0 Å². The molecule has 4 aromatic rings. The summed E-state index contributed by atoms with van der Waals surface area (Å²) in [5.41, 5.74) is 5.85. The van der Waals surface area contributed by atoms with Crippen molar-refractivity contribution in [2.24, 2.45) is 0 Å². The molecule has 0 fully saturated rings. The highest BCUT2D eigenvalue weighted by Crippen LogP contribution is 2.26. The largest absolute Gasteiger partial charge is 0.618 e. The van der Waals surface area contributed by atoms with Crippen LogP contribution in [0, 0.1) is 5.21 Å². The lowest BCUT2D eigenvalue weighted by molar-refractivity contribution is -0.607. The van der Waals surface area contributed by atoms with Gasteiger partial charge in [-0.3, -0.25) is 14.6 Å². The quantitative estimate of drug-likeness (QED) is 0.239. The number of carbonyl (C=O) groups is 2. The van der Waals surface area contributed by atoms with Gasteiger partial charge < -0.3 is 5.21 Å². The predicted octanol–water partition coefficient (Wildman–Crippen LogP) is 5.37. The van der Waals surface area contributed by atoms with Crippen molar-refractivity contribution in [1.82, 2.24) is 4.98 Å². The fourth-order valence-corrected chi connectivity index (χ4v) is 4.99. The third-order valence-corrected chi connectivity index (χ3v) is 6.79. The Balaban J connectivity index is 0.000000145. The molecule has 0 bridgehead atoms. The van der Waals surface area contributed by atoms with Gasteiger partial charge in [0, 0.05) is 39.0 Å². The standard InChI is InChI=1S/C14H10ClNO2.C14H10ClNO/c15-11-5-6-12-10(8-11)4-3-9-2-1-7-16(18)13(9)14(12)17;15-11-5-6-12-10(8-11)4-3-9-2-1-7-16-13(9)14(12)17/h1-2,5-8H,3-4H2;1-2,5-8H,3-4H2. The Morgan fingerprint density at radius 1 is 0.714 bits per heavy atom. The van der Waals surface area contributed by atoms with Crippen molar-refractivity contribution in [2.45, 2.75) is 25.7 Å². The second-order valence-corrected chi connectivity index (χ2v) is 9.35. The van der Waals surface area contributed by atoms with E-state index in [9.17, 15) is 14.8 Å². The van der Waals surface area contributed by atoms with Gasteiger partial charge in [-0.15, -0.1) is 0 Å². The molecule has 2 aromatic carbocycles. The lowest BCUT2D eigenvalue weighted by Gasteiger charge is -2.05. The van der Waals surface area contributed by atoms with Crippen LogP contribution >= 0.6 is 23.2 Å². The van der Waals surface area contributed by atoms with Gasteiger partial charge in [0.2, 0.25) is 5.78 Å². The van der Waals surface area contributed by atoms with E-state index in [-0.39, 0.29) is 17.3 Å². The number of carbonyl (C=O) groups excluding carboxylic acids is 2. The van der Waals surface area contributed by atoms with Gasteiger partial charge in [-0.25, -0.2) is 0 Å². The van der Waals surface area contributed by atoms with Gasteiger partial charge in [-0.05, 0) is 90.9 Å². The van der Waals surface area contributed by atoms with E-state index in [1.165, 1.54) is 6.20 Å². The average Bonchev–Trinajstić information content (AvgIpc) is 3.08. The molecular formula is C28H20Cl2N2O3. The van der Waals surface area contributed by atoms with Crippen molar-refractivity contribution in [3.8, 4) is 0 Å². The molecule has 0 saturated carbocycles. The van der Waals surface area contributed by atoms with Crippen LogP contribution in [-0.2, 0) is 25.7 Å². The first-order valence-electron chi connectivity index (χ1n) is 11.2. The fraction of sp³-hybridized carbons (Fsp3) is 0.143. The van der Waals surface area contributed by atoms with E-state index < -0.39 is 0 Å². The van der Waals surface area contributed by atoms with E-state index in [1.54, 1.807) is 42.6 Å². The van der Waals surface area contributed by atoms with E-state index in [0.29, 0.717) is 32.5 Å². The normalized spacial score (nSPS) is 13.8. The van der Waals surface area contributed by atoms with Crippen LogP contribution in [0.15, 0.2) is 73.1 Å². The summed E-state index contributed by atoms with van der Waals surface area (Å²) < 4.78 is 0.654. The highest BCUT2D eigenvalue weighted by molar-refractivity contribution is 6.31. The molecule has 0 saturated heterocycles. The lowest BCUT2D eigenvalue weighted by atomic mass is 10.0. The third-order valence-electron chi connectivity index (χ3n) is 6.32. The average molecular weight is 503 g/mol. The maximum Gasteiger partial charge on any atom is 0.268 e. The smallest absolute Gasteiger partial charge is 0.268 e. The summed E-state index contributed by atoms with van der Waals surface area (Å²) in [4.78, 5) is 28.9. The number of ketones is 2. The predicted molar refractivity (Wildman–Crippen MR) is 134 cm³/mol. The number of nitrogens with zero attached hydrogens (tertiary/aromatic N) is 2. The number of hydrogen-bond acceptors (Lipinski definition) is 4. The van der Waals surface area contributed by atoms with Gasteiger partial charge in [0.05, 0.1) is 0 Å². The van der Waals surface area contributed by atoms with Crippen molar-refractivity contribution < 1.29 is 14.3 Å². The molecule has 0 N–H and O–H groups in total. The van der Waals surface area contributed by atoms with Gasteiger partial charge in [0.25, 0.3) is 11.5 Å². The van der Waals surface area contributed by atoms with E-state index in [1.807, 2.05) is 24.3 Å². The Labute approximate surface area is 212 Å². The van der Waals surface area contributed by atoms with E-state index in [2.05, 4.69) is 4.98 Å². The monoisotopic (exact) mass is 502 g/mol. The van der Waals surface area contributed by atoms with Crippen molar-refractivity contribution in [3.63, 3.8) is 0 Å². The highest BCUT2D eigenvalue weighted by Gasteiger charge is 2.28. The van der Waals surface area contributed by atoms with Crippen LogP contribution in [0.3, 0.4) is 0 Å².